The number of hydrogen-bond acceptors (Lipinski definition) is 3. The van der Waals surface area contributed by atoms with Gasteiger partial charge in [-0.2, -0.15) is 0 Å². The first-order chi connectivity index (χ1) is 8.86. The number of rotatable bonds is 2. The third-order valence-electron chi connectivity index (χ3n) is 4.53. The Labute approximate surface area is 106 Å². The average molecular weight is 240 g/mol. The lowest BCUT2D eigenvalue weighted by atomic mass is 9.78. The van der Waals surface area contributed by atoms with E-state index in [1.807, 2.05) is 6.07 Å². The molecule has 0 N–H and O–H groups in total. The molecule has 2 fully saturated rings. The molecule has 3 heteroatoms. The number of piperidine rings is 1. The minimum absolute atomic E-state index is 0.391. The number of hydrogen-bond donors (Lipinski definition) is 0. The van der Waals surface area contributed by atoms with Crippen LogP contribution in [0.5, 0.6) is 0 Å². The van der Waals surface area contributed by atoms with Gasteiger partial charge in [-0.1, -0.05) is 6.07 Å². The molecule has 0 radical (unpaired) electrons. The predicted octanol–water partition coefficient (Wildman–Crippen LogP) is 2.69. The highest BCUT2D eigenvalue weighted by molar-refractivity contribution is 5.57. The highest BCUT2D eigenvalue weighted by Gasteiger charge is 2.44. The summed E-state index contributed by atoms with van der Waals surface area (Å²) in [7, 11) is 0. The Hall–Kier alpha value is -1.61. The van der Waals surface area contributed by atoms with Crippen LogP contribution >= 0.6 is 0 Å². The van der Waals surface area contributed by atoms with Crippen LogP contribution < -0.4 is 0 Å². The minimum Gasteiger partial charge on any atom is -0.472 e. The van der Waals surface area contributed by atoms with Crippen LogP contribution in [0.4, 0.5) is 0 Å². The fourth-order valence-electron chi connectivity index (χ4n) is 3.39. The molecule has 0 unspecified atom stereocenters. The van der Waals surface area contributed by atoms with E-state index in [-0.39, 0.29) is 0 Å². The summed E-state index contributed by atoms with van der Waals surface area (Å²) in [6, 6.07) is 6.33. The van der Waals surface area contributed by atoms with E-state index in [4.69, 9.17) is 4.42 Å². The highest BCUT2D eigenvalue weighted by Crippen LogP contribution is 2.42. The number of pyridine rings is 1. The second kappa shape index (κ2) is 3.69. The number of furan rings is 1. The Kier molecular flexibility index (Phi) is 2.12. The first kappa shape index (κ1) is 10.3. The normalized spacial score (nSPS) is 29.9. The Balaban J connectivity index is 1.68. The van der Waals surface area contributed by atoms with E-state index in [0.29, 0.717) is 5.41 Å². The molecule has 0 aliphatic carbocycles. The summed E-state index contributed by atoms with van der Waals surface area (Å²) in [4.78, 5) is 7.16. The van der Waals surface area contributed by atoms with Crippen molar-refractivity contribution >= 4 is 0 Å². The lowest BCUT2D eigenvalue weighted by molar-refractivity contribution is 0.364. The summed E-state index contributed by atoms with van der Waals surface area (Å²) in [5.41, 5.74) is 3.85. The summed E-state index contributed by atoms with van der Waals surface area (Å²) < 4.78 is 5.10. The molecule has 4 heterocycles. The van der Waals surface area contributed by atoms with Crippen LogP contribution in [0.3, 0.4) is 0 Å². The van der Waals surface area contributed by atoms with E-state index < -0.39 is 0 Å². The van der Waals surface area contributed by atoms with Crippen LogP contribution in [0.15, 0.2) is 41.3 Å². The van der Waals surface area contributed by atoms with Gasteiger partial charge in [0.2, 0.25) is 0 Å². The van der Waals surface area contributed by atoms with Crippen LogP contribution in [0.2, 0.25) is 0 Å². The Morgan fingerprint density at radius 3 is 2.61 bits per heavy atom. The molecule has 92 valence electrons. The van der Waals surface area contributed by atoms with Crippen molar-refractivity contribution < 1.29 is 4.42 Å². The largest absolute Gasteiger partial charge is 0.472 e. The summed E-state index contributed by atoms with van der Waals surface area (Å²) >= 11 is 0. The van der Waals surface area contributed by atoms with Gasteiger partial charge in [0.1, 0.15) is 0 Å². The molecular weight excluding hydrogens is 224 g/mol. The van der Waals surface area contributed by atoms with Gasteiger partial charge < -0.3 is 9.32 Å². The monoisotopic (exact) mass is 240 g/mol. The van der Waals surface area contributed by atoms with Crippen LogP contribution in [-0.2, 0) is 5.41 Å². The fraction of sp³-hybridized carbons (Fsp3) is 0.400. The Bertz CT molecular complexity index is 536. The van der Waals surface area contributed by atoms with Gasteiger partial charge in [-0.3, -0.25) is 4.98 Å². The van der Waals surface area contributed by atoms with E-state index in [2.05, 4.69) is 28.2 Å². The molecule has 0 amide bonds. The number of nitrogens with zero attached hydrogens (tertiary/aromatic N) is 2. The lowest BCUT2D eigenvalue weighted by Gasteiger charge is -2.25. The van der Waals surface area contributed by atoms with Crippen molar-refractivity contribution in [2.45, 2.75) is 18.3 Å². The summed E-state index contributed by atoms with van der Waals surface area (Å²) in [6.45, 7) is 3.73. The molecule has 0 saturated carbocycles. The maximum absolute atomic E-state index is 5.10. The molecule has 2 aromatic heterocycles. The molecule has 0 aromatic carbocycles. The molecule has 2 saturated heterocycles. The van der Waals surface area contributed by atoms with Gasteiger partial charge in [-0.05, 0) is 43.6 Å². The van der Waals surface area contributed by atoms with Gasteiger partial charge in [0, 0.05) is 23.7 Å². The van der Waals surface area contributed by atoms with Crippen molar-refractivity contribution in [3.05, 3.63) is 42.5 Å². The van der Waals surface area contributed by atoms with Crippen LogP contribution in [0, 0.1) is 0 Å². The fourth-order valence-corrected chi connectivity index (χ4v) is 3.39. The highest BCUT2D eigenvalue weighted by atomic mass is 16.3. The molecule has 0 spiro atoms. The zero-order valence-corrected chi connectivity index (χ0v) is 10.3. The third kappa shape index (κ3) is 1.44. The van der Waals surface area contributed by atoms with E-state index in [9.17, 15) is 0 Å². The maximum Gasteiger partial charge on any atom is 0.0996 e. The third-order valence-corrected chi connectivity index (χ3v) is 4.53. The number of aromatic nitrogens is 1. The molecule has 0 atom stereocenters. The Morgan fingerprint density at radius 2 is 2.06 bits per heavy atom. The molecule has 2 bridgehead atoms. The van der Waals surface area contributed by atoms with E-state index in [1.165, 1.54) is 38.0 Å². The van der Waals surface area contributed by atoms with Gasteiger partial charge in [0.15, 0.2) is 0 Å². The SMILES string of the molecule is c1cc(-c2ccc(C34CCN(CC3)C4)cn2)co1. The molecule has 2 aromatic rings. The topological polar surface area (TPSA) is 29.3 Å². The van der Waals surface area contributed by atoms with Crippen molar-refractivity contribution in [2.75, 3.05) is 19.6 Å². The van der Waals surface area contributed by atoms with Crippen molar-refractivity contribution in [3.63, 3.8) is 0 Å². The van der Waals surface area contributed by atoms with Crippen molar-refractivity contribution in [2.24, 2.45) is 0 Å². The van der Waals surface area contributed by atoms with Crippen molar-refractivity contribution in [3.8, 4) is 11.3 Å². The molecule has 2 aliphatic rings. The standard InChI is InChI=1S/C15H16N2O/c1-2-14(12-3-8-18-10-12)16-9-13(1)15-4-6-17(11-15)7-5-15/h1-3,8-10H,4-7,11H2. The molecule has 2 aliphatic heterocycles. The summed E-state index contributed by atoms with van der Waals surface area (Å²) in [5, 5.41) is 0. The van der Waals surface area contributed by atoms with Gasteiger partial charge >= 0.3 is 0 Å². The van der Waals surface area contributed by atoms with Gasteiger partial charge in [-0.25, -0.2) is 0 Å². The van der Waals surface area contributed by atoms with E-state index in [1.54, 1.807) is 12.5 Å². The van der Waals surface area contributed by atoms with Crippen LogP contribution in [0.1, 0.15) is 18.4 Å². The van der Waals surface area contributed by atoms with Gasteiger partial charge in [-0.15, -0.1) is 0 Å². The lowest BCUT2D eigenvalue weighted by Crippen LogP contribution is -2.24. The van der Waals surface area contributed by atoms with Gasteiger partial charge in [0.25, 0.3) is 0 Å². The second-order valence-corrected chi connectivity index (χ2v) is 5.50. The van der Waals surface area contributed by atoms with Gasteiger partial charge in [0.05, 0.1) is 18.2 Å². The maximum atomic E-state index is 5.10. The van der Waals surface area contributed by atoms with E-state index in [0.717, 1.165) is 11.3 Å². The number of fused-ring (bicyclic) bond motifs is 2. The smallest absolute Gasteiger partial charge is 0.0996 e. The molecular formula is C15H16N2O. The predicted molar refractivity (Wildman–Crippen MR) is 69.3 cm³/mol. The molecule has 4 rings (SSSR count). The zero-order chi connectivity index (χ0) is 12.0. The summed E-state index contributed by atoms with van der Waals surface area (Å²) in [6.07, 6.45) is 8.08. The van der Waals surface area contributed by atoms with Crippen LogP contribution in [0.25, 0.3) is 11.3 Å². The van der Waals surface area contributed by atoms with E-state index >= 15 is 0 Å². The Morgan fingerprint density at radius 1 is 1.17 bits per heavy atom. The first-order valence-corrected chi connectivity index (χ1v) is 6.57. The van der Waals surface area contributed by atoms with Crippen LogP contribution in [-0.4, -0.2) is 29.5 Å². The summed E-state index contributed by atoms with van der Waals surface area (Å²) in [5.74, 6) is 0. The quantitative estimate of drug-likeness (QED) is 0.808. The van der Waals surface area contributed by atoms with Crippen molar-refractivity contribution in [1.82, 2.24) is 9.88 Å². The zero-order valence-electron chi connectivity index (χ0n) is 10.3. The molecule has 18 heavy (non-hydrogen) atoms. The minimum atomic E-state index is 0.391. The second-order valence-electron chi connectivity index (χ2n) is 5.50. The van der Waals surface area contributed by atoms with Crippen molar-refractivity contribution in [1.29, 1.82) is 0 Å². The first-order valence-electron chi connectivity index (χ1n) is 6.57. The average Bonchev–Trinajstić information content (AvgIpc) is 3.16. The molecule has 3 nitrogen and oxygen atoms in total.